The Morgan fingerprint density at radius 3 is 2.73 bits per heavy atom. The molecule has 0 aliphatic heterocycles. The lowest BCUT2D eigenvalue weighted by molar-refractivity contribution is 0.414. The average molecular weight is 353 g/mol. The summed E-state index contributed by atoms with van der Waals surface area (Å²) in [5.74, 6) is 2.99. The maximum Gasteiger partial charge on any atom is 0.166 e. The molecule has 0 saturated carbocycles. The van der Waals surface area contributed by atoms with Crippen LogP contribution < -0.4 is 15.4 Å². The lowest BCUT2D eigenvalue weighted by atomic mass is 10.2. The predicted octanol–water partition coefficient (Wildman–Crippen LogP) is 3.65. The van der Waals surface area contributed by atoms with Crippen LogP contribution in [0.25, 0.3) is 0 Å². The highest BCUT2D eigenvalue weighted by Gasteiger charge is 1.98. The number of hydrogen-bond acceptors (Lipinski definition) is 4. The van der Waals surface area contributed by atoms with Gasteiger partial charge in [0.2, 0.25) is 0 Å². The Hall–Kier alpha value is -1.24. The molecule has 0 radical (unpaired) electrons. The minimum atomic E-state index is 0.701. The number of methoxy groups -OCH3 is 1. The number of ether oxygens (including phenoxy) is 1. The molecule has 0 aliphatic rings. The van der Waals surface area contributed by atoms with Crippen LogP contribution in [0, 0.1) is 0 Å². The van der Waals surface area contributed by atoms with Crippen LogP contribution in [0.3, 0.4) is 0 Å². The summed E-state index contributed by atoms with van der Waals surface area (Å²) in [6, 6.07) is 12.2. The van der Waals surface area contributed by atoms with Gasteiger partial charge in [-0.15, -0.1) is 11.3 Å². The smallest absolute Gasteiger partial charge is 0.166 e. The van der Waals surface area contributed by atoms with E-state index in [1.165, 1.54) is 10.4 Å². The van der Waals surface area contributed by atoms with Gasteiger partial charge in [-0.05, 0) is 41.4 Å². The van der Waals surface area contributed by atoms with Crippen molar-refractivity contribution in [3.8, 4) is 5.75 Å². The van der Waals surface area contributed by atoms with Crippen molar-refractivity contribution >= 4 is 40.4 Å². The highest BCUT2D eigenvalue weighted by atomic mass is 32.2. The van der Waals surface area contributed by atoms with Crippen LogP contribution in [0.2, 0.25) is 0 Å². The first-order chi connectivity index (χ1) is 10.8. The molecule has 3 nitrogen and oxygen atoms in total. The molecule has 0 aliphatic carbocycles. The van der Waals surface area contributed by atoms with E-state index < -0.39 is 0 Å². The Balaban J connectivity index is 1.55. The molecule has 118 valence electrons. The van der Waals surface area contributed by atoms with E-state index in [4.69, 9.17) is 17.0 Å². The van der Waals surface area contributed by atoms with Gasteiger partial charge in [-0.25, -0.2) is 0 Å². The van der Waals surface area contributed by atoms with E-state index >= 15 is 0 Å². The van der Waals surface area contributed by atoms with Crippen LogP contribution in [0.15, 0.2) is 41.8 Å². The fraction of sp³-hybridized carbons (Fsp3) is 0.312. The van der Waals surface area contributed by atoms with Crippen molar-refractivity contribution in [3.63, 3.8) is 0 Å². The van der Waals surface area contributed by atoms with E-state index in [-0.39, 0.29) is 0 Å². The minimum Gasteiger partial charge on any atom is -0.497 e. The quantitative estimate of drug-likeness (QED) is 0.560. The summed E-state index contributed by atoms with van der Waals surface area (Å²) in [5, 5.41) is 9.27. The zero-order valence-corrected chi connectivity index (χ0v) is 15.0. The van der Waals surface area contributed by atoms with Gasteiger partial charge in [0.25, 0.3) is 0 Å². The Labute approximate surface area is 145 Å². The highest BCUT2D eigenvalue weighted by Crippen LogP contribution is 2.16. The maximum atomic E-state index is 5.28. The molecule has 2 rings (SSSR count). The van der Waals surface area contributed by atoms with Crippen LogP contribution in [-0.4, -0.2) is 24.5 Å². The van der Waals surface area contributed by atoms with Crippen LogP contribution in [-0.2, 0) is 12.3 Å². The summed E-state index contributed by atoms with van der Waals surface area (Å²) < 4.78 is 5.14. The Kier molecular flexibility index (Phi) is 7.56. The van der Waals surface area contributed by atoms with Gasteiger partial charge in [0, 0.05) is 29.5 Å². The van der Waals surface area contributed by atoms with Crippen molar-refractivity contribution in [2.45, 2.75) is 12.3 Å². The second-order valence-electron chi connectivity index (χ2n) is 4.59. The molecule has 0 fully saturated rings. The Bertz CT molecular complexity index is 555. The molecule has 0 saturated heterocycles. The summed E-state index contributed by atoms with van der Waals surface area (Å²) in [6.45, 7) is 1.60. The molecular weight excluding hydrogens is 332 g/mol. The number of benzene rings is 1. The third-order valence-corrected chi connectivity index (χ3v) is 5.32. The standard InChI is InChI=1S/C16H20N2OS3/c1-19-14-6-4-13(5-7-14)11-18-16(20)17-8-10-21-12-15-3-2-9-22-15/h2-7,9H,8,10-12H2,1H3,(H2,17,18,20). The van der Waals surface area contributed by atoms with Gasteiger partial charge in [0.05, 0.1) is 7.11 Å². The molecule has 0 atom stereocenters. The molecule has 0 spiro atoms. The maximum absolute atomic E-state index is 5.28. The molecular formula is C16H20N2OS3. The van der Waals surface area contributed by atoms with Crippen molar-refractivity contribution in [1.82, 2.24) is 10.6 Å². The predicted molar refractivity (Wildman–Crippen MR) is 101 cm³/mol. The van der Waals surface area contributed by atoms with Gasteiger partial charge < -0.3 is 15.4 Å². The monoisotopic (exact) mass is 352 g/mol. The SMILES string of the molecule is COc1ccc(CNC(=S)NCCSCc2cccs2)cc1. The van der Waals surface area contributed by atoms with E-state index in [2.05, 4.69) is 28.1 Å². The molecule has 2 aromatic rings. The molecule has 1 aromatic heterocycles. The van der Waals surface area contributed by atoms with Gasteiger partial charge in [-0.3, -0.25) is 0 Å². The molecule has 0 bridgehead atoms. The average Bonchev–Trinajstić information content (AvgIpc) is 3.06. The largest absolute Gasteiger partial charge is 0.497 e. The summed E-state index contributed by atoms with van der Waals surface area (Å²) in [6.07, 6.45) is 0. The molecule has 1 aromatic carbocycles. The van der Waals surface area contributed by atoms with E-state index in [0.29, 0.717) is 5.11 Å². The van der Waals surface area contributed by atoms with Crippen molar-refractivity contribution in [3.05, 3.63) is 52.2 Å². The second kappa shape index (κ2) is 9.71. The summed E-state index contributed by atoms with van der Waals surface area (Å²) >= 11 is 9.00. The summed E-state index contributed by atoms with van der Waals surface area (Å²) in [4.78, 5) is 1.42. The van der Waals surface area contributed by atoms with Crippen LogP contribution in [0.1, 0.15) is 10.4 Å². The summed E-state index contributed by atoms with van der Waals surface area (Å²) in [5.41, 5.74) is 1.18. The van der Waals surface area contributed by atoms with Gasteiger partial charge >= 0.3 is 0 Å². The van der Waals surface area contributed by atoms with Gasteiger partial charge in [-0.2, -0.15) is 11.8 Å². The minimum absolute atomic E-state index is 0.701. The zero-order chi connectivity index (χ0) is 15.6. The third kappa shape index (κ3) is 6.25. The van der Waals surface area contributed by atoms with Crippen molar-refractivity contribution in [2.75, 3.05) is 19.4 Å². The van der Waals surface area contributed by atoms with E-state index in [1.807, 2.05) is 47.4 Å². The van der Waals surface area contributed by atoms with Gasteiger partial charge in [0.15, 0.2) is 5.11 Å². The molecule has 0 amide bonds. The topological polar surface area (TPSA) is 33.3 Å². The lowest BCUT2D eigenvalue weighted by Gasteiger charge is -2.10. The Morgan fingerprint density at radius 2 is 2.05 bits per heavy atom. The third-order valence-electron chi connectivity index (χ3n) is 2.97. The fourth-order valence-corrected chi connectivity index (χ4v) is 3.67. The number of thiocarbonyl (C=S) groups is 1. The molecule has 2 N–H and O–H groups in total. The first kappa shape index (κ1) is 17.1. The van der Waals surface area contributed by atoms with Crippen LogP contribution in [0.4, 0.5) is 0 Å². The molecule has 0 unspecified atom stereocenters. The van der Waals surface area contributed by atoms with Crippen molar-refractivity contribution in [2.24, 2.45) is 0 Å². The zero-order valence-electron chi connectivity index (χ0n) is 12.5. The van der Waals surface area contributed by atoms with Crippen molar-refractivity contribution in [1.29, 1.82) is 0 Å². The van der Waals surface area contributed by atoms with E-state index in [9.17, 15) is 0 Å². The van der Waals surface area contributed by atoms with E-state index in [0.717, 1.165) is 30.3 Å². The first-order valence-electron chi connectivity index (χ1n) is 7.02. The van der Waals surface area contributed by atoms with Crippen LogP contribution >= 0.6 is 35.3 Å². The normalized spacial score (nSPS) is 10.2. The Morgan fingerprint density at radius 1 is 1.23 bits per heavy atom. The van der Waals surface area contributed by atoms with Gasteiger partial charge in [-0.1, -0.05) is 18.2 Å². The number of rotatable bonds is 8. The van der Waals surface area contributed by atoms with E-state index in [1.54, 1.807) is 7.11 Å². The molecule has 6 heteroatoms. The number of nitrogens with one attached hydrogen (secondary N) is 2. The number of hydrogen-bond donors (Lipinski definition) is 2. The van der Waals surface area contributed by atoms with Crippen LogP contribution in [0.5, 0.6) is 5.75 Å². The molecule has 22 heavy (non-hydrogen) atoms. The first-order valence-corrected chi connectivity index (χ1v) is 9.47. The number of thiophene rings is 1. The van der Waals surface area contributed by atoms with Crippen molar-refractivity contribution < 1.29 is 4.74 Å². The highest BCUT2D eigenvalue weighted by molar-refractivity contribution is 7.98. The number of thioether (sulfide) groups is 1. The lowest BCUT2D eigenvalue weighted by Crippen LogP contribution is -2.36. The molecule has 1 heterocycles. The summed E-state index contributed by atoms with van der Waals surface area (Å²) in [7, 11) is 1.67. The fourth-order valence-electron chi connectivity index (χ4n) is 1.79. The second-order valence-corrected chi connectivity index (χ2v) is 7.14. The van der Waals surface area contributed by atoms with Gasteiger partial charge in [0.1, 0.15) is 5.75 Å².